The molecule has 0 aliphatic carbocycles. The van der Waals surface area contributed by atoms with Crippen molar-refractivity contribution in [3.8, 4) is 5.75 Å². The summed E-state index contributed by atoms with van der Waals surface area (Å²) in [6.45, 7) is 4.61. The van der Waals surface area contributed by atoms with Crippen LogP contribution in [0.15, 0.2) is 34.9 Å². The molecule has 1 aromatic heterocycles. The van der Waals surface area contributed by atoms with Gasteiger partial charge in [0.1, 0.15) is 11.8 Å². The monoisotopic (exact) mass is 304 g/mol. The molecule has 0 amide bonds. The lowest BCUT2D eigenvalue weighted by Gasteiger charge is -2.24. The molecule has 0 unspecified atom stereocenters. The minimum Gasteiger partial charge on any atom is -0.494 e. The van der Waals surface area contributed by atoms with Crippen LogP contribution < -0.4 is 4.74 Å². The SMILES string of the molecule is CCOc1cccc([C@H](C(=O)O)N(C)Cc2cc(C)no2)c1. The summed E-state index contributed by atoms with van der Waals surface area (Å²) in [6, 6.07) is 8.15. The molecule has 2 rings (SSSR count). The minimum absolute atomic E-state index is 0.358. The fourth-order valence-corrected chi connectivity index (χ4v) is 2.35. The number of rotatable bonds is 7. The zero-order chi connectivity index (χ0) is 16.1. The number of benzene rings is 1. The highest BCUT2D eigenvalue weighted by Gasteiger charge is 2.26. The van der Waals surface area contributed by atoms with Gasteiger partial charge in [-0.2, -0.15) is 0 Å². The molecule has 6 heteroatoms. The largest absolute Gasteiger partial charge is 0.494 e. The predicted octanol–water partition coefficient (Wildman–Crippen LogP) is 2.64. The van der Waals surface area contributed by atoms with Crippen LogP contribution in [0.2, 0.25) is 0 Å². The molecule has 6 nitrogen and oxygen atoms in total. The first kappa shape index (κ1) is 16.0. The third kappa shape index (κ3) is 3.85. The molecule has 0 saturated heterocycles. The highest BCUT2D eigenvalue weighted by atomic mass is 16.5. The lowest BCUT2D eigenvalue weighted by molar-refractivity contribution is -0.143. The Balaban J connectivity index is 2.21. The predicted molar refractivity (Wildman–Crippen MR) is 80.7 cm³/mol. The van der Waals surface area contributed by atoms with Gasteiger partial charge in [0.25, 0.3) is 0 Å². The number of nitrogens with zero attached hydrogens (tertiary/aromatic N) is 2. The highest BCUT2D eigenvalue weighted by Crippen LogP contribution is 2.25. The summed E-state index contributed by atoms with van der Waals surface area (Å²) >= 11 is 0. The Hall–Kier alpha value is -2.34. The number of likely N-dealkylation sites (N-methyl/N-ethyl adjacent to an activating group) is 1. The first-order chi connectivity index (χ1) is 10.5. The Kier molecular flexibility index (Phi) is 5.16. The lowest BCUT2D eigenvalue weighted by atomic mass is 10.1. The van der Waals surface area contributed by atoms with Crippen LogP contribution in [0.25, 0.3) is 0 Å². The number of carboxylic acids is 1. The van der Waals surface area contributed by atoms with E-state index in [1.165, 1.54) is 0 Å². The molecule has 0 fully saturated rings. The second-order valence-corrected chi connectivity index (χ2v) is 5.10. The van der Waals surface area contributed by atoms with E-state index >= 15 is 0 Å². The molecule has 0 radical (unpaired) electrons. The molecule has 0 spiro atoms. The van der Waals surface area contributed by atoms with E-state index in [0.29, 0.717) is 30.2 Å². The van der Waals surface area contributed by atoms with Crippen LogP contribution in [0.4, 0.5) is 0 Å². The second kappa shape index (κ2) is 7.09. The van der Waals surface area contributed by atoms with E-state index in [1.807, 2.05) is 19.9 Å². The first-order valence-corrected chi connectivity index (χ1v) is 7.09. The van der Waals surface area contributed by atoms with Crippen LogP contribution in [0.5, 0.6) is 5.75 Å². The van der Waals surface area contributed by atoms with Crippen LogP contribution in [0.3, 0.4) is 0 Å². The van der Waals surface area contributed by atoms with Gasteiger partial charge in [0, 0.05) is 6.07 Å². The number of carboxylic acid groups (broad SMARTS) is 1. The minimum atomic E-state index is -0.924. The molecule has 0 aliphatic rings. The van der Waals surface area contributed by atoms with Crippen LogP contribution in [-0.2, 0) is 11.3 Å². The van der Waals surface area contributed by atoms with Gasteiger partial charge in [-0.15, -0.1) is 0 Å². The van der Waals surface area contributed by atoms with Crippen molar-refractivity contribution in [2.24, 2.45) is 0 Å². The van der Waals surface area contributed by atoms with Crippen LogP contribution >= 0.6 is 0 Å². The zero-order valence-corrected chi connectivity index (χ0v) is 12.9. The van der Waals surface area contributed by atoms with Crippen LogP contribution in [0.1, 0.15) is 30.0 Å². The maximum Gasteiger partial charge on any atom is 0.325 e. The van der Waals surface area contributed by atoms with E-state index in [0.717, 1.165) is 5.69 Å². The summed E-state index contributed by atoms with van der Waals surface area (Å²) in [4.78, 5) is 13.4. The van der Waals surface area contributed by atoms with Crippen molar-refractivity contribution in [1.82, 2.24) is 10.1 Å². The third-order valence-corrected chi connectivity index (χ3v) is 3.24. The third-order valence-electron chi connectivity index (χ3n) is 3.24. The van der Waals surface area contributed by atoms with Gasteiger partial charge in [-0.25, -0.2) is 0 Å². The van der Waals surface area contributed by atoms with Gasteiger partial charge in [-0.05, 0) is 38.6 Å². The second-order valence-electron chi connectivity index (χ2n) is 5.10. The van der Waals surface area contributed by atoms with Crippen LogP contribution in [0, 0.1) is 6.92 Å². The quantitative estimate of drug-likeness (QED) is 0.847. The molecule has 1 N–H and O–H groups in total. The summed E-state index contributed by atoms with van der Waals surface area (Å²) in [5.74, 6) is 0.370. The average Bonchev–Trinajstić information content (AvgIpc) is 2.84. The molecular weight excluding hydrogens is 284 g/mol. The van der Waals surface area contributed by atoms with Crippen molar-refractivity contribution < 1.29 is 19.2 Å². The van der Waals surface area contributed by atoms with E-state index in [9.17, 15) is 9.90 Å². The number of hydrogen-bond donors (Lipinski definition) is 1. The van der Waals surface area contributed by atoms with Gasteiger partial charge in [-0.3, -0.25) is 9.69 Å². The Bertz CT molecular complexity index is 639. The maximum atomic E-state index is 11.7. The summed E-state index contributed by atoms with van der Waals surface area (Å²) in [6.07, 6.45) is 0. The number of hydrogen-bond acceptors (Lipinski definition) is 5. The fourth-order valence-electron chi connectivity index (χ4n) is 2.35. The molecule has 0 aliphatic heterocycles. The number of aromatic nitrogens is 1. The number of aliphatic carboxylic acids is 1. The molecule has 2 aromatic rings. The standard InChI is InChI=1S/C16H20N2O4/c1-4-21-13-7-5-6-12(9-13)15(16(19)20)18(3)10-14-8-11(2)17-22-14/h5-9,15H,4,10H2,1-3H3,(H,19,20)/t15-/m1/s1. The summed E-state index contributed by atoms with van der Waals surface area (Å²) in [5.41, 5.74) is 1.44. The lowest BCUT2D eigenvalue weighted by Crippen LogP contribution is -2.30. The molecule has 1 heterocycles. The van der Waals surface area contributed by atoms with Gasteiger partial charge in [0.05, 0.1) is 18.8 Å². The number of ether oxygens (including phenoxy) is 1. The molecule has 118 valence electrons. The maximum absolute atomic E-state index is 11.7. The topological polar surface area (TPSA) is 75.8 Å². The van der Waals surface area contributed by atoms with E-state index in [4.69, 9.17) is 9.26 Å². The van der Waals surface area contributed by atoms with Gasteiger partial charge >= 0.3 is 5.97 Å². The molecule has 0 saturated carbocycles. The Morgan fingerprint density at radius 1 is 1.45 bits per heavy atom. The van der Waals surface area contributed by atoms with Gasteiger partial charge in [0.2, 0.25) is 0 Å². The molecule has 1 aromatic carbocycles. The molecule has 0 bridgehead atoms. The van der Waals surface area contributed by atoms with Crippen molar-refractivity contribution in [2.75, 3.05) is 13.7 Å². The average molecular weight is 304 g/mol. The zero-order valence-electron chi connectivity index (χ0n) is 12.9. The van der Waals surface area contributed by atoms with Crippen molar-refractivity contribution in [3.63, 3.8) is 0 Å². The van der Waals surface area contributed by atoms with E-state index < -0.39 is 12.0 Å². The normalized spacial score (nSPS) is 12.4. The van der Waals surface area contributed by atoms with Gasteiger partial charge in [-0.1, -0.05) is 17.3 Å². The van der Waals surface area contributed by atoms with Crippen molar-refractivity contribution in [3.05, 3.63) is 47.3 Å². The van der Waals surface area contributed by atoms with Crippen molar-refractivity contribution >= 4 is 5.97 Å². The van der Waals surface area contributed by atoms with E-state index in [-0.39, 0.29) is 0 Å². The van der Waals surface area contributed by atoms with Crippen molar-refractivity contribution in [2.45, 2.75) is 26.4 Å². The Morgan fingerprint density at radius 2 is 2.23 bits per heavy atom. The van der Waals surface area contributed by atoms with E-state index in [1.54, 1.807) is 36.2 Å². The summed E-state index contributed by atoms with van der Waals surface area (Å²) in [5, 5.41) is 13.4. The number of carbonyl (C=O) groups is 1. The summed E-state index contributed by atoms with van der Waals surface area (Å²) in [7, 11) is 1.74. The van der Waals surface area contributed by atoms with E-state index in [2.05, 4.69) is 5.16 Å². The van der Waals surface area contributed by atoms with Gasteiger partial charge in [0.15, 0.2) is 5.76 Å². The van der Waals surface area contributed by atoms with Crippen LogP contribution in [-0.4, -0.2) is 34.8 Å². The van der Waals surface area contributed by atoms with Gasteiger partial charge < -0.3 is 14.4 Å². The highest BCUT2D eigenvalue weighted by molar-refractivity contribution is 5.75. The molecule has 22 heavy (non-hydrogen) atoms. The fraction of sp³-hybridized carbons (Fsp3) is 0.375. The molecule has 1 atom stereocenters. The first-order valence-electron chi connectivity index (χ1n) is 7.09. The smallest absolute Gasteiger partial charge is 0.325 e. The Morgan fingerprint density at radius 3 is 2.82 bits per heavy atom. The number of aryl methyl sites for hydroxylation is 1. The molecular formula is C16H20N2O4. The Labute approximate surface area is 129 Å². The van der Waals surface area contributed by atoms with Crippen molar-refractivity contribution in [1.29, 1.82) is 0 Å². The summed E-state index contributed by atoms with van der Waals surface area (Å²) < 4.78 is 10.6.